The lowest BCUT2D eigenvalue weighted by Crippen LogP contribution is -2.10. The molecule has 0 unspecified atom stereocenters. The number of benzene rings is 3. The van der Waals surface area contributed by atoms with Crippen molar-refractivity contribution in [3.05, 3.63) is 114 Å². The van der Waals surface area contributed by atoms with E-state index < -0.39 is 11.9 Å². The van der Waals surface area contributed by atoms with Crippen LogP contribution in [0, 0.1) is 23.7 Å². The van der Waals surface area contributed by atoms with E-state index in [0.717, 1.165) is 53.3 Å². The zero-order chi connectivity index (χ0) is 30.9. The molecular weight excluding hydrogens is 544 g/mol. The van der Waals surface area contributed by atoms with Gasteiger partial charge in [-0.2, -0.15) is 0 Å². The van der Waals surface area contributed by atoms with Crippen LogP contribution in [0.1, 0.15) is 47.9 Å². The number of aliphatic carboxylic acids is 1. The second-order valence-electron chi connectivity index (χ2n) is 9.25. The number of carboxylic acid groups (broad SMARTS) is 1. The third-order valence-electron chi connectivity index (χ3n) is 6.06. The molecule has 3 aromatic carbocycles. The summed E-state index contributed by atoms with van der Waals surface area (Å²) < 4.78 is 21.8. The molecule has 7 heteroatoms. The van der Waals surface area contributed by atoms with E-state index in [0.29, 0.717) is 24.5 Å². The molecule has 0 aliphatic carbocycles. The van der Waals surface area contributed by atoms with Gasteiger partial charge in [-0.1, -0.05) is 36.8 Å². The predicted molar refractivity (Wildman–Crippen MR) is 165 cm³/mol. The van der Waals surface area contributed by atoms with Crippen LogP contribution >= 0.6 is 0 Å². The first-order valence-electron chi connectivity index (χ1n) is 13.8. The largest absolute Gasteiger partial charge is 0.495 e. The average Bonchev–Trinajstić information content (AvgIpc) is 3.03. The number of rotatable bonds is 14. The number of unbranched alkanes of at least 4 members (excludes halogenated alkanes) is 2. The number of carbonyl (C=O) groups excluding carboxylic acids is 1. The molecule has 0 saturated heterocycles. The van der Waals surface area contributed by atoms with Crippen LogP contribution in [0.3, 0.4) is 0 Å². The molecule has 3 aromatic rings. The molecule has 220 valence electrons. The first kappa shape index (κ1) is 32.1. The highest BCUT2D eigenvalue weighted by atomic mass is 16.6. The summed E-state index contributed by atoms with van der Waals surface area (Å²) in [6.45, 7) is 7.84. The lowest BCUT2D eigenvalue weighted by molar-refractivity contribution is -0.138. The molecule has 0 fully saturated rings. The third kappa shape index (κ3) is 11.5. The van der Waals surface area contributed by atoms with Crippen molar-refractivity contribution < 1.29 is 33.6 Å². The van der Waals surface area contributed by atoms with Gasteiger partial charge in [-0.3, -0.25) is 0 Å². The van der Waals surface area contributed by atoms with Gasteiger partial charge in [-0.25, -0.2) is 9.59 Å². The summed E-state index contributed by atoms with van der Waals surface area (Å²) in [6, 6.07) is 20.5. The summed E-state index contributed by atoms with van der Waals surface area (Å²) in [6.07, 6.45) is 4.11. The van der Waals surface area contributed by atoms with Gasteiger partial charge in [0.1, 0.15) is 30.5 Å². The maximum absolute atomic E-state index is 11.1. The highest BCUT2D eigenvalue weighted by Crippen LogP contribution is 2.20. The van der Waals surface area contributed by atoms with Crippen molar-refractivity contribution in [3.63, 3.8) is 0 Å². The van der Waals surface area contributed by atoms with Gasteiger partial charge in [-0.15, -0.1) is 0 Å². The van der Waals surface area contributed by atoms with Gasteiger partial charge in [-0.05, 0) is 92.4 Å². The maximum atomic E-state index is 11.1. The number of hydrogen-bond acceptors (Lipinski definition) is 6. The van der Waals surface area contributed by atoms with Gasteiger partial charge in [0.15, 0.2) is 0 Å². The van der Waals surface area contributed by atoms with Crippen LogP contribution in [0.25, 0.3) is 0 Å². The lowest BCUT2D eigenvalue weighted by atomic mass is 10.1. The molecule has 0 aliphatic heterocycles. The molecule has 1 N–H and O–H groups in total. The second kappa shape index (κ2) is 17.4. The van der Waals surface area contributed by atoms with E-state index >= 15 is 0 Å². The van der Waals surface area contributed by atoms with Crippen molar-refractivity contribution in [1.82, 2.24) is 0 Å². The molecular formula is C36H34O7. The predicted octanol–water partition coefficient (Wildman–Crippen LogP) is 6.18. The normalized spacial score (nSPS) is 9.79. The summed E-state index contributed by atoms with van der Waals surface area (Å²) in [7, 11) is 1.60. The van der Waals surface area contributed by atoms with E-state index in [2.05, 4.69) is 36.8 Å². The SMILES string of the molecule is C=CC(=O)OCCOc1ccc(C#Cc2ccc(C#Cc3ccc(OCCCCCC(=C)C(=O)O)cc3)cc2OC)cc1. The fourth-order valence-electron chi connectivity index (χ4n) is 3.70. The van der Waals surface area contributed by atoms with Crippen molar-refractivity contribution in [1.29, 1.82) is 0 Å². The highest BCUT2D eigenvalue weighted by Gasteiger charge is 2.04. The van der Waals surface area contributed by atoms with Crippen molar-refractivity contribution >= 4 is 11.9 Å². The average molecular weight is 579 g/mol. The standard InChI is InChI=1S/C36H34O7/c1-4-35(37)43-25-24-42-33-21-15-29(16-22-33)11-17-31-18-12-30(26-34(31)40-3)10-9-28-13-19-32(20-14-28)41-23-7-5-6-8-27(2)36(38)39/h4,12-16,18-22,26H,1-2,5-8,23-25H2,3H3,(H,38,39). The van der Waals surface area contributed by atoms with Crippen LogP contribution in [0.15, 0.2) is 91.5 Å². The zero-order valence-corrected chi connectivity index (χ0v) is 24.2. The molecule has 0 atom stereocenters. The summed E-state index contributed by atoms with van der Waals surface area (Å²) >= 11 is 0. The number of ether oxygens (including phenoxy) is 4. The Morgan fingerprint density at radius 2 is 1.35 bits per heavy atom. The van der Waals surface area contributed by atoms with Crippen LogP contribution in [0.5, 0.6) is 17.2 Å². The number of carboxylic acids is 1. The number of methoxy groups -OCH3 is 1. The number of esters is 1. The minimum Gasteiger partial charge on any atom is -0.495 e. The van der Waals surface area contributed by atoms with Gasteiger partial charge < -0.3 is 24.1 Å². The van der Waals surface area contributed by atoms with Gasteiger partial charge in [0.25, 0.3) is 0 Å². The molecule has 3 rings (SSSR count). The summed E-state index contributed by atoms with van der Waals surface area (Å²) in [5.74, 6) is 13.2. The molecule has 0 bridgehead atoms. The lowest BCUT2D eigenvalue weighted by Gasteiger charge is -2.06. The van der Waals surface area contributed by atoms with Crippen LogP contribution < -0.4 is 14.2 Å². The summed E-state index contributed by atoms with van der Waals surface area (Å²) in [5.41, 5.74) is 3.45. The first-order valence-corrected chi connectivity index (χ1v) is 13.8. The Hall–Kier alpha value is -5.40. The molecule has 0 saturated carbocycles. The van der Waals surface area contributed by atoms with E-state index in [9.17, 15) is 9.59 Å². The van der Waals surface area contributed by atoms with E-state index in [1.165, 1.54) is 0 Å². The van der Waals surface area contributed by atoms with E-state index in [1.807, 2.05) is 54.6 Å². The number of carbonyl (C=O) groups is 2. The molecule has 43 heavy (non-hydrogen) atoms. The zero-order valence-electron chi connectivity index (χ0n) is 24.2. The quantitative estimate of drug-likeness (QED) is 0.106. The maximum Gasteiger partial charge on any atom is 0.330 e. The molecule has 7 nitrogen and oxygen atoms in total. The van der Waals surface area contributed by atoms with Crippen molar-refractivity contribution in [2.45, 2.75) is 25.7 Å². The van der Waals surface area contributed by atoms with Crippen molar-refractivity contribution in [2.24, 2.45) is 0 Å². The van der Waals surface area contributed by atoms with Crippen LogP contribution in [-0.2, 0) is 14.3 Å². The fraction of sp³-hybridized carbons (Fsp3) is 0.222. The molecule has 0 aliphatic rings. The number of hydrogen-bond donors (Lipinski definition) is 1. The van der Waals surface area contributed by atoms with Gasteiger partial charge in [0, 0.05) is 28.3 Å². The molecule has 0 spiro atoms. The molecule has 0 amide bonds. The smallest absolute Gasteiger partial charge is 0.330 e. The third-order valence-corrected chi connectivity index (χ3v) is 6.06. The molecule has 0 aromatic heterocycles. The van der Waals surface area contributed by atoms with E-state index in [-0.39, 0.29) is 18.8 Å². The van der Waals surface area contributed by atoms with Crippen LogP contribution in [-0.4, -0.2) is 44.0 Å². The Labute approximate surface area is 252 Å². The molecule has 0 radical (unpaired) electrons. The fourth-order valence-corrected chi connectivity index (χ4v) is 3.70. The van der Waals surface area contributed by atoms with E-state index in [1.54, 1.807) is 19.2 Å². The Morgan fingerprint density at radius 3 is 1.95 bits per heavy atom. The minimum absolute atomic E-state index is 0.145. The monoisotopic (exact) mass is 578 g/mol. The Bertz CT molecular complexity index is 1530. The Kier molecular flexibility index (Phi) is 13.0. The summed E-state index contributed by atoms with van der Waals surface area (Å²) in [5, 5.41) is 8.83. The van der Waals surface area contributed by atoms with Crippen LogP contribution in [0.4, 0.5) is 0 Å². The van der Waals surface area contributed by atoms with Gasteiger partial charge in [0.05, 0.1) is 19.3 Å². The second-order valence-corrected chi connectivity index (χ2v) is 9.25. The Morgan fingerprint density at radius 1 is 0.767 bits per heavy atom. The van der Waals surface area contributed by atoms with E-state index in [4.69, 9.17) is 24.1 Å². The van der Waals surface area contributed by atoms with Crippen molar-refractivity contribution in [2.75, 3.05) is 26.9 Å². The topological polar surface area (TPSA) is 91.3 Å². The summed E-state index contributed by atoms with van der Waals surface area (Å²) in [4.78, 5) is 21.8. The minimum atomic E-state index is -0.934. The van der Waals surface area contributed by atoms with Crippen LogP contribution in [0.2, 0.25) is 0 Å². The van der Waals surface area contributed by atoms with Gasteiger partial charge >= 0.3 is 11.9 Å². The van der Waals surface area contributed by atoms with Gasteiger partial charge in [0.2, 0.25) is 0 Å². The first-order chi connectivity index (χ1) is 20.9. The highest BCUT2D eigenvalue weighted by molar-refractivity contribution is 5.85. The Balaban J connectivity index is 1.50. The molecule has 0 heterocycles. The van der Waals surface area contributed by atoms with Crippen molar-refractivity contribution in [3.8, 4) is 40.9 Å².